The van der Waals surface area contributed by atoms with Gasteiger partial charge in [0, 0.05) is 6.54 Å². The number of hydrogen-bond donors (Lipinski definition) is 0. The first-order valence-corrected chi connectivity index (χ1v) is 9.26. The number of likely N-dealkylation sites (tertiary alicyclic amines) is 1. The van der Waals surface area contributed by atoms with E-state index in [1.54, 1.807) is 0 Å². The largest absolute Gasteiger partial charge is 0.365 e. The number of rotatable bonds is 6. The second-order valence-corrected chi connectivity index (χ2v) is 6.87. The van der Waals surface area contributed by atoms with E-state index in [9.17, 15) is 0 Å². The van der Waals surface area contributed by atoms with Gasteiger partial charge >= 0.3 is 0 Å². The Morgan fingerprint density at radius 1 is 0.792 bits per heavy atom. The van der Waals surface area contributed by atoms with E-state index in [2.05, 4.69) is 72.5 Å². The minimum absolute atomic E-state index is 0.394. The molecule has 0 spiro atoms. The topological polar surface area (TPSA) is 12.5 Å². The normalized spacial score (nSPS) is 16.7. The van der Waals surface area contributed by atoms with Crippen LogP contribution in [0.5, 0.6) is 0 Å². The van der Waals surface area contributed by atoms with E-state index in [1.165, 1.54) is 49.9 Å². The first-order chi connectivity index (χ1) is 11.8. The third-order valence-electron chi connectivity index (χ3n) is 5.15. The Kier molecular flexibility index (Phi) is 6.06. The molecular formula is C22H29NO. The van der Waals surface area contributed by atoms with Crippen molar-refractivity contribution in [3.8, 4) is 0 Å². The molecular weight excluding hydrogens is 294 g/mol. The standard InChI is InChI=1S/C22H29NO/c1-22(20-12-6-4-7-13-20,21-14-8-5-9-15-21)24-19-18-23-16-10-2-3-11-17-23/h4-9,12-15H,2-3,10-11,16-19H2,1H3. The van der Waals surface area contributed by atoms with Gasteiger partial charge in [0.15, 0.2) is 0 Å². The number of hydrogen-bond acceptors (Lipinski definition) is 2. The van der Waals surface area contributed by atoms with Crippen LogP contribution in [0.1, 0.15) is 43.7 Å². The van der Waals surface area contributed by atoms with Gasteiger partial charge in [0.05, 0.1) is 6.61 Å². The Bertz CT molecular complexity index is 548. The Balaban J connectivity index is 1.71. The molecule has 24 heavy (non-hydrogen) atoms. The van der Waals surface area contributed by atoms with Crippen molar-refractivity contribution in [2.24, 2.45) is 0 Å². The van der Waals surface area contributed by atoms with Gasteiger partial charge in [-0.2, -0.15) is 0 Å². The van der Waals surface area contributed by atoms with E-state index in [0.717, 1.165) is 13.2 Å². The maximum Gasteiger partial charge on any atom is 0.115 e. The molecule has 0 atom stereocenters. The molecule has 128 valence electrons. The van der Waals surface area contributed by atoms with Crippen LogP contribution in [0.25, 0.3) is 0 Å². The summed E-state index contributed by atoms with van der Waals surface area (Å²) in [5.74, 6) is 0. The summed E-state index contributed by atoms with van der Waals surface area (Å²) in [6, 6.07) is 21.2. The van der Waals surface area contributed by atoms with Gasteiger partial charge in [-0.05, 0) is 44.0 Å². The first kappa shape index (κ1) is 17.2. The molecule has 2 nitrogen and oxygen atoms in total. The van der Waals surface area contributed by atoms with Crippen LogP contribution < -0.4 is 0 Å². The molecule has 0 amide bonds. The summed E-state index contributed by atoms with van der Waals surface area (Å²) in [7, 11) is 0. The molecule has 2 heteroatoms. The van der Waals surface area contributed by atoms with Gasteiger partial charge in [0.1, 0.15) is 5.60 Å². The van der Waals surface area contributed by atoms with Crippen molar-refractivity contribution in [3.05, 3.63) is 71.8 Å². The lowest BCUT2D eigenvalue weighted by atomic mass is 9.88. The molecule has 2 aromatic carbocycles. The predicted octanol–water partition coefficient (Wildman–Crippen LogP) is 4.84. The van der Waals surface area contributed by atoms with Crippen molar-refractivity contribution in [2.75, 3.05) is 26.2 Å². The highest BCUT2D eigenvalue weighted by atomic mass is 16.5. The maximum atomic E-state index is 6.50. The minimum atomic E-state index is -0.394. The fourth-order valence-electron chi connectivity index (χ4n) is 3.58. The summed E-state index contributed by atoms with van der Waals surface area (Å²) in [5, 5.41) is 0. The first-order valence-electron chi connectivity index (χ1n) is 9.26. The molecule has 1 aliphatic heterocycles. The van der Waals surface area contributed by atoms with Gasteiger partial charge in [-0.25, -0.2) is 0 Å². The lowest BCUT2D eigenvalue weighted by Crippen LogP contribution is -2.34. The molecule has 0 N–H and O–H groups in total. The van der Waals surface area contributed by atoms with Crippen molar-refractivity contribution in [3.63, 3.8) is 0 Å². The van der Waals surface area contributed by atoms with Crippen LogP contribution in [0.2, 0.25) is 0 Å². The second-order valence-electron chi connectivity index (χ2n) is 6.87. The van der Waals surface area contributed by atoms with Crippen LogP contribution in [-0.2, 0) is 10.3 Å². The highest BCUT2D eigenvalue weighted by molar-refractivity contribution is 5.35. The Morgan fingerprint density at radius 3 is 1.79 bits per heavy atom. The molecule has 3 rings (SSSR count). The summed E-state index contributed by atoms with van der Waals surface area (Å²) in [6.45, 7) is 6.42. The van der Waals surface area contributed by atoms with Gasteiger partial charge < -0.3 is 9.64 Å². The number of nitrogens with zero attached hydrogens (tertiary/aromatic N) is 1. The van der Waals surface area contributed by atoms with Crippen LogP contribution in [0.15, 0.2) is 60.7 Å². The van der Waals surface area contributed by atoms with E-state index in [0.29, 0.717) is 0 Å². The summed E-state index contributed by atoms with van der Waals surface area (Å²) >= 11 is 0. The zero-order valence-electron chi connectivity index (χ0n) is 14.8. The van der Waals surface area contributed by atoms with Crippen LogP contribution in [-0.4, -0.2) is 31.1 Å². The average Bonchev–Trinajstić information content (AvgIpc) is 2.92. The third kappa shape index (κ3) is 4.25. The summed E-state index contributed by atoms with van der Waals surface area (Å²) in [5.41, 5.74) is 2.04. The van der Waals surface area contributed by atoms with E-state index in [1.807, 2.05) is 0 Å². The number of benzene rings is 2. The molecule has 0 radical (unpaired) electrons. The molecule has 0 aromatic heterocycles. The molecule has 1 aliphatic rings. The Hall–Kier alpha value is -1.64. The molecule has 1 fully saturated rings. The second kappa shape index (κ2) is 8.46. The van der Waals surface area contributed by atoms with Crippen LogP contribution >= 0.6 is 0 Å². The van der Waals surface area contributed by atoms with Crippen molar-refractivity contribution >= 4 is 0 Å². The van der Waals surface area contributed by atoms with E-state index >= 15 is 0 Å². The van der Waals surface area contributed by atoms with E-state index < -0.39 is 5.60 Å². The Morgan fingerprint density at radius 2 is 1.29 bits per heavy atom. The van der Waals surface area contributed by atoms with E-state index in [-0.39, 0.29) is 0 Å². The maximum absolute atomic E-state index is 6.50. The molecule has 0 bridgehead atoms. The lowest BCUT2D eigenvalue weighted by Gasteiger charge is -2.32. The SMILES string of the molecule is CC(OCCN1CCCCCC1)(c1ccccc1)c1ccccc1. The quantitative estimate of drug-likeness (QED) is 0.754. The minimum Gasteiger partial charge on any atom is -0.365 e. The lowest BCUT2D eigenvalue weighted by molar-refractivity contribution is -0.0141. The fourth-order valence-corrected chi connectivity index (χ4v) is 3.58. The smallest absolute Gasteiger partial charge is 0.115 e. The zero-order chi connectivity index (χ0) is 16.7. The molecule has 1 saturated heterocycles. The van der Waals surface area contributed by atoms with Crippen LogP contribution in [0.3, 0.4) is 0 Å². The summed E-state index contributed by atoms with van der Waals surface area (Å²) in [6.07, 6.45) is 5.41. The van der Waals surface area contributed by atoms with Gasteiger partial charge in [-0.15, -0.1) is 0 Å². The van der Waals surface area contributed by atoms with E-state index in [4.69, 9.17) is 4.74 Å². The monoisotopic (exact) mass is 323 g/mol. The van der Waals surface area contributed by atoms with Crippen molar-refractivity contribution in [1.82, 2.24) is 4.90 Å². The molecule has 0 unspecified atom stereocenters. The van der Waals surface area contributed by atoms with Crippen molar-refractivity contribution < 1.29 is 4.74 Å². The molecule has 0 saturated carbocycles. The Labute approximate surface area is 146 Å². The van der Waals surface area contributed by atoms with Crippen molar-refractivity contribution in [1.29, 1.82) is 0 Å². The zero-order valence-corrected chi connectivity index (χ0v) is 14.8. The van der Waals surface area contributed by atoms with Gasteiger partial charge in [0.25, 0.3) is 0 Å². The summed E-state index contributed by atoms with van der Waals surface area (Å²) < 4.78 is 6.50. The highest BCUT2D eigenvalue weighted by Gasteiger charge is 2.29. The van der Waals surface area contributed by atoms with Crippen molar-refractivity contribution in [2.45, 2.75) is 38.2 Å². The predicted molar refractivity (Wildman–Crippen MR) is 100 cm³/mol. The van der Waals surface area contributed by atoms with Gasteiger partial charge in [-0.1, -0.05) is 73.5 Å². The molecule has 0 aliphatic carbocycles. The highest BCUT2D eigenvalue weighted by Crippen LogP contribution is 2.33. The average molecular weight is 323 g/mol. The molecule has 1 heterocycles. The fraction of sp³-hybridized carbons (Fsp3) is 0.455. The van der Waals surface area contributed by atoms with Gasteiger partial charge in [-0.3, -0.25) is 0 Å². The van der Waals surface area contributed by atoms with Crippen LogP contribution in [0, 0.1) is 0 Å². The molecule has 2 aromatic rings. The third-order valence-corrected chi connectivity index (χ3v) is 5.15. The number of ether oxygens (including phenoxy) is 1. The van der Waals surface area contributed by atoms with Gasteiger partial charge in [0.2, 0.25) is 0 Å². The summed E-state index contributed by atoms with van der Waals surface area (Å²) in [4.78, 5) is 2.56. The van der Waals surface area contributed by atoms with Crippen LogP contribution in [0.4, 0.5) is 0 Å².